The van der Waals surface area contributed by atoms with Crippen molar-refractivity contribution in [1.82, 2.24) is 4.90 Å². The quantitative estimate of drug-likeness (QED) is 0.621. The molecule has 1 saturated carbocycles. The maximum atomic E-state index is 13.0. The monoisotopic (exact) mass is 335 g/mol. The third-order valence-corrected chi connectivity index (χ3v) is 6.22. The lowest BCUT2D eigenvalue weighted by molar-refractivity contribution is -0.165. The summed E-state index contributed by atoms with van der Waals surface area (Å²) in [5, 5.41) is 0. The van der Waals surface area contributed by atoms with E-state index < -0.39 is 0 Å². The Balaban J connectivity index is 0.00000156. The topological polar surface area (TPSA) is 29.5 Å². The molecule has 0 aromatic heterocycles. The molecule has 0 radical (unpaired) electrons. The SMILES string of the molecule is Cc1cccc(OC(=O)C2(C3CN4CCC3CC4)CCC2)c1.Cl. The molecule has 4 aliphatic rings. The Hall–Kier alpha value is -1.06. The van der Waals surface area contributed by atoms with Crippen LogP contribution >= 0.6 is 12.4 Å². The molecule has 1 aliphatic carbocycles. The molecule has 126 valence electrons. The predicted molar refractivity (Wildman–Crippen MR) is 93.0 cm³/mol. The molecule has 0 N–H and O–H groups in total. The fraction of sp³-hybridized carbons (Fsp3) is 0.632. The molecule has 3 nitrogen and oxygen atoms in total. The Morgan fingerprint density at radius 1 is 1.26 bits per heavy atom. The number of aryl methyl sites for hydroxylation is 1. The van der Waals surface area contributed by atoms with Gasteiger partial charge in [-0.05, 0) is 75.2 Å². The van der Waals surface area contributed by atoms with Gasteiger partial charge in [0.25, 0.3) is 0 Å². The Morgan fingerprint density at radius 3 is 2.52 bits per heavy atom. The predicted octanol–water partition coefficient (Wildman–Crippen LogP) is 3.83. The number of hydrogen-bond acceptors (Lipinski definition) is 3. The summed E-state index contributed by atoms with van der Waals surface area (Å²) in [5.41, 5.74) is 0.934. The molecule has 5 rings (SSSR count). The van der Waals surface area contributed by atoms with E-state index in [1.54, 1.807) is 0 Å². The average molecular weight is 336 g/mol. The van der Waals surface area contributed by atoms with Crippen LogP contribution < -0.4 is 4.74 Å². The summed E-state index contributed by atoms with van der Waals surface area (Å²) in [6.07, 6.45) is 5.75. The lowest BCUT2D eigenvalue weighted by Crippen LogP contribution is -2.58. The summed E-state index contributed by atoms with van der Waals surface area (Å²) in [7, 11) is 0. The Kier molecular flexibility index (Phi) is 4.70. The summed E-state index contributed by atoms with van der Waals surface area (Å²) >= 11 is 0. The molecule has 1 aromatic rings. The van der Waals surface area contributed by atoms with E-state index in [0.717, 1.165) is 30.9 Å². The van der Waals surface area contributed by atoms with Crippen LogP contribution in [0.25, 0.3) is 0 Å². The molecule has 3 heterocycles. The number of esters is 1. The molecule has 4 fully saturated rings. The minimum Gasteiger partial charge on any atom is -0.426 e. The molecule has 4 heteroatoms. The Morgan fingerprint density at radius 2 is 2.00 bits per heavy atom. The first kappa shape index (κ1) is 16.8. The van der Waals surface area contributed by atoms with Gasteiger partial charge in [0, 0.05) is 6.54 Å². The second-order valence-corrected chi connectivity index (χ2v) is 7.46. The van der Waals surface area contributed by atoms with Gasteiger partial charge in [-0.15, -0.1) is 12.4 Å². The van der Waals surface area contributed by atoms with E-state index in [1.807, 2.05) is 31.2 Å². The van der Waals surface area contributed by atoms with E-state index in [9.17, 15) is 4.79 Å². The molecular weight excluding hydrogens is 310 g/mol. The third kappa shape index (κ3) is 2.89. The summed E-state index contributed by atoms with van der Waals surface area (Å²) in [6, 6.07) is 7.85. The molecule has 0 spiro atoms. The van der Waals surface area contributed by atoms with Gasteiger partial charge < -0.3 is 9.64 Å². The van der Waals surface area contributed by atoms with Crippen molar-refractivity contribution >= 4 is 18.4 Å². The highest BCUT2D eigenvalue weighted by Gasteiger charge is 2.56. The fourth-order valence-electron chi connectivity index (χ4n) is 4.76. The fourth-order valence-corrected chi connectivity index (χ4v) is 4.76. The third-order valence-electron chi connectivity index (χ3n) is 6.22. The van der Waals surface area contributed by atoms with Crippen molar-refractivity contribution in [1.29, 1.82) is 0 Å². The number of halogens is 1. The molecule has 0 amide bonds. The first-order valence-corrected chi connectivity index (χ1v) is 8.69. The van der Waals surface area contributed by atoms with Crippen LogP contribution in [-0.2, 0) is 4.79 Å². The number of hydrogen-bond donors (Lipinski definition) is 0. The van der Waals surface area contributed by atoms with Crippen molar-refractivity contribution in [2.75, 3.05) is 19.6 Å². The lowest BCUT2D eigenvalue weighted by atomic mass is 9.55. The normalized spacial score (nSPS) is 30.9. The average Bonchev–Trinajstić information content (AvgIpc) is 2.47. The second kappa shape index (κ2) is 6.45. The van der Waals surface area contributed by atoms with Crippen LogP contribution in [-0.4, -0.2) is 30.5 Å². The first-order valence-electron chi connectivity index (χ1n) is 8.69. The van der Waals surface area contributed by atoms with E-state index in [-0.39, 0.29) is 23.8 Å². The summed E-state index contributed by atoms with van der Waals surface area (Å²) in [6.45, 7) is 5.59. The van der Waals surface area contributed by atoms with Crippen molar-refractivity contribution in [3.05, 3.63) is 29.8 Å². The van der Waals surface area contributed by atoms with Crippen molar-refractivity contribution in [3.63, 3.8) is 0 Å². The molecular formula is C19H26ClNO2. The number of ether oxygens (including phenoxy) is 1. The van der Waals surface area contributed by atoms with Gasteiger partial charge in [0.1, 0.15) is 5.75 Å². The van der Waals surface area contributed by atoms with Crippen LogP contribution in [0.4, 0.5) is 0 Å². The summed E-state index contributed by atoms with van der Waals surface area (Å²) in [4.78, 5) is 15.5. The number of nitrogens with zero attached hydrogens (tertiary/aromatic N) is 1. The van der Waals surface area contributed by atoms with E-state index in [4.69, 9.17) is 4.74 Å². The standard InChI is InChI=1S/C19H25NO2.ClH/c1-14-4-2-5-16(12-14)22-18(21)19(8-3-9-19)17-13-20-10-6-15(17)7-11-20;/h2,4-5,12,15,17H,3,6-11,13H2,1H3;1H. The maximum Gasteiger partial charge on any atom is 0.317 e. The van der Waals surface area contributed by atoms with Gasteiger partial charge in [0.2, 0.25) is 0 Å². The molecule has 1 unspecified atom stereocenters. The van der Waals surface area contributed by atoms with Crippen molar-refractivity contribution < 1.29 is 9.53 Å². The summed E-state index contributed by atoms with van der Waals surface area (Å²) < 4.78 is 5.81. The number of carbonyl (C=O) groups is 1. The van der Waals surface area contributed by atoms with Crippen molar-refractivity contribution in [2.24, 2.45) is 17.3 Å². The minimum absolute atomic E-state index is 0. The highest BCUT2D eigenvalue weighted by molar-refractivity contribution is 5.85. The van der Waals surface area contributed by atoms with Crippen molar-refractivity contribution in [2.45, 2.75) is 39.0 Å². The lowest BCUT2D eigenvalue weighted by Gasteiger charge is -2.55. The van der Waals surface area contributed by atoms with Crippen LogP contribution in [0, 0.1) is 24.2 Å². The van der Waals surface area contributed by atoms with Crippen LogP contribution in [0.15, 0.2) is 24.3 Å². The van der Waals surface area contributed by atoms with Crippen LogP contribution in [0.5, 0.6) is 5.75 Å². The highest BCUT2D eigenvalue weighted by Crippen LogP contribution is 2.54. The van der Waals surface area contributed by atoms with Crippen LogP contribution in [0.2, 0.25) is 0 Å². The second-order valence-electron chi connectivity index (χ2n) is 7.46. The zero-order chi connectivity index (χ0) is 15.2. The number of rotatable bonds is 3. The number of carbonyl (C=O) groups excluding carboxylic acids is 1. The number of piperidine rings is 3. The first-order chi connectivity index (χ1) is 10.7. The van der Waals surface area contributed by atoms with Gasteiger partial charge in [-0.1, -0.05) is 18.6 Å². The van der Waals surface area contributed by atoms with Crippen molar-refractivity contribution in [3.8, 4) is 5.75 Å². The van der Waals surface area contributed by atoms with Gasteiger partial charge in [0.05, 0.1) is 5.41 Å². The Labute approximate surface area is 144 Å². The van der Waals surface area contributed by atoms with Gasteiger partial charge in [-0.25, -0.2) is 0 Å². The van der Waals surface area contributed by atoms with E-state index in [0.29, 0.717) is 11.7 Å². The molecule has 1 atom stereocenters. The molecule has 2 bridgehead atoms. The van der Waals surface area contributed by atoms with E-state index in [1.165, 1.54) is 32.4 Å². The molecule has 3 saturated heterocycles. The van der Waals surface area contributed by atoms with Crippen LogP contribution in [0.3, 0.4) is 0 Å². The largest absolute Gasteiger partial charge is 0.426 e. The van der Waals surface area contributed by atoms with E-state index in [2.05, 4.69) is 4.90 Å². The van der Waals surface area contributed by atoms with Gasteiger partial charge in [-0.3, -0.25) is 4.79 Å². The molecule has 23 heavy (non-hydrogen) atoms. The molecule has 3 aliphatic heterocycles. The zero-order valence-electron chi connectivity index (χ0n) is 13.8. The van der Waals surface area contributed by atoms with Gasteiger partial charge in [0.15, 0.2) is 0 Å². The Bertz CT molecular complexity index is 576. The molecule has 1 aromatic carbocycles. The number of fused-ring (bicyclic) bond motifs is 3. The summed E-state index contributed by atoms with van der Waals surface area (Å²) in [5.74, 6) is 1.98. The minimum atomic E-state index is -0.201. The maximum absolute atomic E-state index is 13.0. The zero-order valence-corrected chi connectivity index (χ0v) is 14.6. The van der Waals surface area contributed by atoms with Crippen LogP contribution in [0.1, 0.15) is 37.7 Å². The highest BCUT2D eigenvalue weighted by atomic mass is 35.5. The smallest absolute Gasteiger partial charge is 0.317 e. The van der Waals surface area contributed by atoms with Gasteiger partial charge >= 0.3 is 5.97 Å². The van der Waals surface area contributed by atoms with Gasteiger partial charge in [-0.2, -0.15) is 0 Å². The number of benzene rings is 1. The van der Waals surface area contributed by atoms with E-state index >= 15 is 0 Å².